The molecule has 0 atom stereocenters. The molecule has 6 heteroatoms. The summed E-state index contributed by atoms with van der Waals surface area (Å²) in [4.78, 5) is 22.7. The Labute approximate surface area is 129 Å². The zero-order chi connectivity index (χ0) is 16.3. The first-order chi connectivity index (χ1) is 10.2. The van der Waals surface area contributed by atoms with E-state index in [0.717, 1.165) is 16.5 Å². The topological polar surface area (TPSA) is 86.3 Å². The maximum absolute atomic E-state index is 11.7. The van der Waals surface area contributed by atoms with E-state index in [1.54, 1.807) is 4.57 Å². The minimum absolute atomic E-state index is 0.131. The molecule has 0 fully saturated rings. The van der Waals surface area contributed by atoms with E-state index in [-0.39, 0.29) is 6.54 Å². The standard InChI is InChI=1S/C16H21N3O3/c1-16(2,3)22-15(21)18-9-11-4-5-12-6-7-19(10-14(17)20)13(12)8-11/h4-8H,9-10H2,1-3H3,(H2,17,20)(H,18,21). The second-order valence-corrected chi connectivity index (χ2v) is 6.16. The Hall–Kier alpha value is -2.50. The lowest BCUT2D eigenvalue weighted by Gasteiger charge is -2.19. The molecule has 1 heterocycles. The minimum atomic E-state index is -0.524. The van der Waals surface area contributed by atoms with Crippen molar-refractivity contribution in [1.29, 1.82) is 0 Å². The van der Waals surface area contributed by atoms with Crippen LogP contribution in [0.4, 0.5) is 4.79 Å². The maximum Gasteiger partial charge on any atom is 0.407 e. The van der Waals surface area contributed by atoms with E-state index in [2.05, 4.69) is 5.32 Å². The highest BCUT2D eigenvalue weighted by Crippen LogP contribution is 2.18. The highest BCUT2D eigenvalue weighted by atomic mass is 16.6. The highest BCUT2D eigenvalue weighted by molar-refractivity contribution is 5.83. The van der Waals surface area contributed by atoms with Crippen LogP contribution in [-0.4, -0.2) is 22.2 Å². The van der Waals surface area contributed by atoms with Crippen LogP contribution in [0.25, 0.3) is 10.9 Å². The van der Waals surface area contributed by atoms with Crippen molar-refractivity contribution in [2.45, 2.75) is 39.5 Å². The summed E-state index contributed by atoms with van der Waals surface area (Å²) in [5.41, 5.74) is 6.54. The normalized spacial score (nSPS) is 11.4. The molecular weight excluding hydrogens is 282 g/mol. The van der Waals surface area contributed by atoms with E-state index in [1.165, 1.54) is 0 Å². The molecule has 0 unspecified atom stereocenters. The predicted octanol–water partition coefficient (Wildman–Crippen LogP) is 2.15. The van der Waals surface area contributed by atoms with Gasteiger partial charge in [0.2, 0.25) is 5.91 Å². The molecule has 0 aliphatic heterocycles. The number of carbonyl (C=O) groups excluding carboxylic acids is 2. The fourth-order valence-corrected chi connectivity index (χ4v) is 2.13. The molecule has 0 radical (unpaired) electrons. The number of aromatic nitrogens is 1. The number of nitrogens with two attached hydrogens (primary N) is 1. The van der Waals surface area contributed by atoms with Crippen LogP contribution in [0.1, 0.15) is 26.3 Å². The molecule has 1 aromatic heterocycles. The van der Waals surface area contributed by atoms with Crippen LogP contribution in [-0.2, 0) is 22.6 Å². The third-order valence-corrected chi connectivity index (χ3v) is 3.00. The van der Waals surface area contributed by atoms with Crippen molar-refractivity contribution in [2.75, 3.05) is 0 Å². The Bertz CT molecular complexity index is 698. The van der Waals surface area contributed by atoms with Gasteiger partial charge in [-0.25, -0.2) is 4.79 Å². The number of primary amides is 1. The Morgan fingerprint density at radius 2 is 2.00 bits per heavy atom. The SMILES string of the molecule is CC(C)(C)OC(=O)NCc1ccc2ccn(CC(N)=O)c2c1. The number of hydrogen-bond donors (Lipinski definition) is 2. The first kappa shape index (κ1) is 15.9. The molecule has 2 amide bonds. The van der Waals surface area contributed by atoms with Crippen molar-refractivity contribution in [3.05, 3.63) is 36.0 Å². The summed E-state index contributed by atoms with van der Waals surface area (Å²) in [5.74, 6) is -0.394. The zero-order valence-corrected chi connectivity index (χ0v) is 13.1. The van der Waals surface area contributed by atoms with Crippen LogP contribution in [0.3, 0.4) is 0 Å². The molecule has 2 rings (SSSR count). The quantitative estimate of drug-likeness (QED) is 0.907. The summed E-state index contributed by atoms with van der Waals surface area (Å²) in [6.07, 6.45) is 1.36. The van der Waals surface area contributed by atoms with Crippen LogP contribution in [0.15, 0.2) is 30.5 Å². The molecule has 0 bridgehead atoms. The lowest BCUT2D eigenvalue weighted by Crippen LogP contribution is -2.32. The van der Waals surface area contributed by atoms with Gasteiger partial charge in [0.25, 0.3) is 0 Å². The van der Waals surface area contributed by atoms with Crippen LogP contribution in [0.5, 0.6) is 0 Å². The van der Waals surface area contributed by atoms with E-state index in [4.69, 9.17) is 10.5 Å². The van der Waals surface area contributed by atoms with Crippen molar-refractivity contribution < 1.29 is 14.3 Å². The van der Waals surface area contributed by atoms with Gasteiger partial charge in [0.05, 0.1) is 0 Å². The number of rotatable bonds is 4. The first-order valence-corrected chi connectivity index (χ1v) is 7.07. The number of amides is 2. The van der Waals surface area contributed by atoms with Gasteiger partial charge in [-0.1, -0.05) is 12.1 Å². The third kappa shape index (κ3) is 4.25. The lowest BCUT2D eigenvalue weighted by atomic mass is 10.1. The molecule has 0 saturated heterocycles. The Balaban J connectivity index is 2.09. The van der Waals surface area contributed by atoms with Crippen molar-refractivity contribution in [3.8, 4) is 0 Å². The van der Waals surface area contributed by atoms with Gasteiger partial charge in [-0.05, 0) is 43.9 Å². The van der Waals surface area contributed by atoms with Crippen LogP contribution < -0.4 is 11.1 Å². The number of carbonyl (C=O) groups is 2. The summed E-state index contributed by atoms with van der Waals surface area (Å²) in [7, 11) is 0. The summed E-state index contributed by atoms with van der Waals surface area (Å²) >= 11 is 0. The van der Waals surface area contributed by atoms with E-state index < -0.39 is 17.6 Å². The number of ether oxygens (including phenoxy) is 1. The molecule has 0 saturated carbocycles. The lowest BCUT2D eigenvalue weighted by molar-refractivity contribution is -0.118. The molecule has 0 aliphatic rings. The number of nitrogens with zero attached hydrogens (tertiary/aromatic N) is 1. The molecule has 0 spiro atoms. The van der Waals surface area contributed by atoms with Gasteiger partial charge >= 0.3 is 6.09 Å². The molecule has 2 aromatic rings. The number of fused-ring (bicyclic) bond motifs is 1. The molecule has 118 valence electrons. The Morgan fingerprint density at radius 3 is 2.64 bits per heavy atom. The van der Waals surface area contributed by atoms with Crippen LogP contribution in [0.2, 0.25) is 0 Å². The third-order valence-electron chi connectivity index (χ3n) is 3.00. The van der Waals surface area contributed by atoms with Crippen molar-refractivity contribution in [3.63, 3.8) is 0 Å². The Kier molecular flexibility index (Phi) is 4.40. The van der Waals surface area contributed by atoms with Crippen molar-refractivity contribution in [2.24, 2.45) is 5.73 Å². The smallest absolute Gasteiger partial charge is 0.407 e. The fraction of sp³-hybridized carbons (Fsp3) is 0.375. The van der Waals surface area contributed by atoms with Crippen molar-refractivity contribution >= 4 is 22.9 Å². The van der Waals surface area contributed by atoms with Gasteiger partial charge in [0.1, 0.15) is 12.1 Å². The molecule has 6 nitrogen and oxygen atoms in total. The average molecular weight is 303 g/mol. The Morgan fingerprint density at radius 1 is 1.27 bits per heavy atom. The maximum atomic E-state index is 11.7. The highest BCUT2D eigenvalue weighted by Gasteiger charge is 2.15. The van der Waals surface area contributed by atoms with Crippen LogP contribution >= 0.6 is 0 Å². The zero-order valence-electron chi connectivity index (χ0n) is 13.1. The summed E-state index contributed by atoms with van der Waals surface area (Å²) in [6.45, 7) is 5.93. The number of hydrogen-bond acceptors (Lipinski definition) is 3. The van der Waals surface area contributed by atoms with Gasteiger partial charge in [-0.2, -0.15) is 0 Å². The second-order valence-electron chi connectivity index (χ2n) is 6.16. The van der Waals surface area contributed by atoms with E-state index in [9.17, 15) is 9.59 Å². The minimum Gasteiger partial charge on any atom is -0.444 e. The van der Waals surface area contributed by atoms with Gasteiger partial charge in [-0.15, -0.1) is 0 Å². The van der Waals surface area contributed by atoms with E-state index in [0.29, 0.717) is 6.54 Å². The van der Waals surface area contributed by atoms with E-state index >= 15 is 0 Å². The summed E-state index contributed by atoms with van der Waals surface area (Å²) < 4.78 is 6.98. The molecule has 0 aliphatic carbocycles. The predicted molar refractivity (Wildman–Crippen MR) is 84.2 cm³/mol. The van der Waals surface area contributed by atoms with Gasteiger partial charge in [0, 0.05) is 18.3 Å². The van der Waals surface area contributed by atoms with Gasteiger partial charge in [-0.3, -0.25) is 4.79 Å². The van der Waals surface area contributed by atoms with Crippen LogP contribution in [0, 0.1) is 0 Å². The van der Waals surface area contributed by atoms with E-state index in [1.807, 2.05) is 51.2 Å². The summed E-state index contributed by atoms with van der Waals surface area (Å²) in [6, 6.07) is 7.71. The molecule has 1 aromatic carbocycles. The molecular formula is C16H21N3O3. The molecule has 3 N–H and O–H groups in total. The molecule has 22 heavy (non-hydrogen) atoms. The summed E-state index contributed by atoms with van der Waals surface area (Å²) in [5, 5.41) is 3.73. The van der Waals surface area contributed by atoms with Crippen molar-refractivity contribution in [1.82, 2.24) is 9.88 Å². The largest absolute Gasteiger partial charge is 0.444 e. The number of benzene rings is 1. The number of alkyl carbamates (subject to hydrolysis) is 1. The fourth-order valence-electron chi connectivity index (χ4n) is 2.13. The number of nitrogens with one attached hydrogen (secondary N) is 1. The van der Waals surface area contributed by atoms with Gasteiger partial charge < -0.3 is 20.4 Å². The first-order valence-electron chi connectivity index (χ1n) is 7.07. The average Bonchev–Trinajstić information content (AvgIpc) is 2.76. The van der Waals surface area contributed by atoms with Gasteiger partial charge in [0.15, 0.2) is 0 Å². The second kappa shape index (κ2) is 6.09. The monoisotopic (exact) mass is 303 g/mol.